The summed E-state index contributed by atoms with van der Waals surface area (Å²) >= 11 is 2.03. The molecule has 2 rings (SSSR count). The van der Waals surface area contributed by atoms with Gasteiger partial charge in [0.1, 0.15) is 0 Å². The molecule has 74 valence electrons. The van der Waals surface area contributed by atoms with Gasteiger partial charge in [-0.3, -0.25) is 0 Å². The van der Waals surface area contributed by atoms with Gasteiger partial charge in [0.2, 0.25) is 0 Å². The van der Waals surface area contributed by atoms with E-state index in [1.165, 1.54) is 36.5 Å². The van der Waals surface area contributed by atoms with Crippen LogP contribution in [0.15, 0.2) is 5.10 Å². The van der Waals surface area contributed by atoms with Gasteiger partial charge in [-0.05, 0) is 30.4 Å². The van der Waals surface area contributed by atoms with Crippen LogP contribution in [0.4, 0.5) is 0 Å². The predicted octanol–water partition coefficient (Wildman–Crippen LogP) is 2.26. The SMILES string of the molecule is CC1(C)CC(=NNC2CCSC2)C1. The van der Waals surface area contributed by atoms with Crippen LogP contribution >= 0.6 is 11.8 Å². The highest BCUT2D eigenvalue weighted by atomic mass is 32.2. The first-order valence-electron chi connectivity index (χ1n) is 5.04. The van der Waals surface area contributed by atoms with E-state index < -0.39 is 0 Å². The van der Waals surface area contributed by atoms with Crippen molar-refractivity contribution >= 4 is 17.5 Å². The van der Waals surface area contributed by atoms with Gasteiger partial charge in [-0.2, -0.15) is 16.9 Å². The summed E-state index contributed by atoms with van der Waals surface area (Å²) in [5.41, 5.74) is 5.17. The lowest BCUT2D eigenvalue weighted by molar-refractivity contribution is 0.336. The predicted molar refractivity (Wildman–Crippen MR) is 59.3 cm³/mol. The largest absolute Gasteiger partial charge is 0.306 e. The molecular formula is C10H18N2S. The van der Waals surface area contributed by atoms with Crippen LogP contribution in [0.3, 0.4) is 0 Å². The number of hydrogen-bond acceptors (Lipinski definition) is 3. The fraction of sp³-hybridized carbons (Fsp3) is 0.900. The Bertz CT molecular complexity index is 207. The standard InChI is InChI=1S/C10H18N2S/c1-10(2)5-9(6-10)12-11-8-3-4-13-7-8/h8,11H,3-7H2,1-2H3. The van der Waals surface area contributed by atoms with Crippen molar-refractivity contribution in [1.82, 2.24) is 5.43 Å². The molecule has 13 heavy (non-hydrogen) atoms. The number of hydrogen-bond donors (Lipinski definition) is 1. The minimum absolute atomic E-state index is 0.519. The molecular weight excluding hydrogens is 180 g/mol. The first-order chi connectivity index (χ1) is 6.16. The lowest BCUT2D eigenvalue weighted by Crippen LogP contribution is -2.35. The Labute approximate surface area is 84.6 Å². The van der Waals surface area contributed by atoms with E-state index in [0.717, 1.165) is 0 Å². The molecule has 1 N–H and O–H groups in total. The smallest absolute Gasteiger partial charge is 0.0538 e. The zero-order valence-electron chi connectivity index (χ0n) is 8.47. The first-order valence-corrected chi connectivity index (χ1v) is 6.20. The molecule has 3 heteroatoms. The molecule has 0 aromatic carbocycles. The van der Waals surface area contributed by atoms with E-state index in [-0.39, 0.29) is 0 Å². The zero-order valence-corrected chi connectivity index (χ0v) is 9.28. The fourth-order valence-corrected chi connectivity index (χ4v) is 3.09. The Hall–Kier alpha value is -0.180. The van der Waals surface area contributed by atoms with Crippen molar-refractivity contribution in [3.05, 3.63) is 0 Å². The van der Waals surface area contributed by atoms with E-state index >= 15 is 0 Å². The highest BCUT2D eigenvalue weighted by Crippen LogP contribution is 2.37. The third-order valence-electron chi connectivity index (χ3n) is 2.70. The maximum atomic E-state index is 4.46. The van der Waals surface area contributed by atoms with Crippen molar-refractivity contribution in [2.45, 2.75) is 39.2 Å². The number of rotatable bonds is 2. The van der Waals surface area contributed by atoms with Gasteiger partial charge in [0, 0.05) is 11.5 Å². The quantitative estimate of drug-likeness (QED) is 0.688. The van der Waals surface area contributed by atoms with Crippen molar-refractivity contribution in [3.8, 4) is 0 Å². The average molecular weight is 198 g/mol. The Morgan fingerprint density at radius 2 is 2.23 bits per heavy atom. The summed E-state index contributed by atoms with van der Waals surface area (Å²) in [7, 11) is 0. The monoisotopic (exact) mass is 198 g/mol. The highest BCUT2D eigenvalue weighted by molar-refractivity contribution is 7.99. The second kappa shape index (κ2) is 3.52. The molecule has 2 aliphatic rings. The van der Waals surface area contributed by atoms with Gasteiger partial charge < -0.3 is 5.43 Å². The van der Waals surface area contributed by atoms with E-state index in [1.54, 1.807) is 0 Å². The van der Waals surface area contributed by atoms with Crippen LogP contribution in [-0.2, 0) is 0 Å². The molecule has 1 saturated carbocycles. The van der Waals surface area contributed by atoms with E-state index in [0.29, 0.717) is 11.5 Å². The topological polar surface area (TPSA) is 24.4 Å². The molecule has 2 nitrogen and oxygen atoms in total. The Morgan fingerprint density at radius 1 is 1.46 bits per heavy atom. The number of hydrazone groups is 1. The van der Waals surface area contributed by atoms with Gasteiger partial charge in [0.05, 0.1) is 6.04 Å². The van der Waals surface area contributed by atoms with Crippen molar-refractivity contribution in [1.29, 1.82) is 0 Å². The van der Waals surface area contributed by atoms with Gasteiger partial charge in [-0.1, -0.05) is 13.8 Å². The second-order valence-corrected chi connectivity index (χ2v) is 6.04. The summed E-state index contributed by atoms with van der Waals surface area (Å²) < 4.78 is 0. The normalized spacial score (nSPS) is 31.2. The van der Waals surface area contributed by atoms with Gasteiger partial charge in [0.15, 0.2) is 0 Å². The lowest BCUT2D eigenvalue weighted by Gasteiger charge is -2.35. The molecule has 0 aromatic heterocycles. The van der Waals surface area contributed by atoms with E-state index in [1.807, 2.05) is 11.8 Å². The molecule has 0 aromatic rings. The van der Waals surface area contributed by atoms with Crippen molar-refractivity contribution in [2.24, 2.45) is 10.5 Å². The zero-order chi connectivity index (χ0) is 9.31. The van der Waals surface area contributed by atoms with Crippen molar-refractivity contribution < 1.29 is 0 Å². The van der Waals surface area contributed by atoms with E-state index in [2.05, 4.69) is 24.4 Å². The Kier molecular flexibility index (Phi) is 2.54. The minimum atomic E-state index is 0.519. The summed E-state index contributed by atoms with van der Waals surface area (Å²) in [4.78, 5) is 0. The molecule has 1 aliphatic heterocycles. The van der Waals surface area contributed by atoms with Crippen LogP contribution < -0.4 is 5.43 Å². The van der Waals surface area contributed by atoms with Gasteiger partial charge in [0.25, 0.3) is 0 Å². The molecule has 0 radical (unpaired) electrons. The average Bonchev–Trinajstić information content (AvgIpc) is 2.48. The van der Waals surface area contributed by atoms with Crippen molar-refractivity contribution in [2.75, 3.05) is 11.5 Å². The van der Waals surface area contributed by atoms with Crippen LogP contribution in [0.25, 0.3) is 0 Å². The van der Waals surface area contributed by atoms with Crippen LogP contribution in [0.1, 0.15) is 33.1 Å². The molecule has 1 atom stereocenters. The maximum Gasteiger partial charge on any atom is 0.0538 e. The van der Waals surface area contributed by atoms with Crippen LogP contribution in [0.5, 0.6) is 0 Å². The Balaban J connectivity index is 1.73. The van der Waals surface area contributed by atoms with Crippen LogP contribution in [0.2, 0.25) is 0 Å². The molecule has 0 amide bonds. The molecule has 1 aliphatic carbocycles. The third-order valence-corrected chi connectivity index (χ3v) is 3.86. The number of thioether (sulfide) groups is 1. The van der Waals surface area contributed by atoms with E-state index in [4.69, 9.17) is 0 Å². The van der Waals surface area contributed by atoms with Crippen LogP contribution in [0, 0.1) is 5.41 Å². The lowest BCUT2D eigenvalue weighted by atomic mass is 9.71. The van der Waals surface area contributed by atoms with Gasteiger partial charge >= 0.3 is 0 Å². The summed E-state index contributed by atoms with van der Waals surface area (Å²) in [6.07, 6.45) is 3.64. The second-order valence-electron chi connectivity index (χ2n) is 4.89. The first kappa shape index (κ1) is 9.38. The van der Waals surface area contributed by atoms with Crippen molar-refractivity contribution in [3.63, 3.8) is 0 Å². The van der Waals surface area contributed by atoms with Crippen LogP contribution in [-0.4, -0.2) is 23.3 Å². The number of nitrogens with one attached hydrogen (secondary N) is 1. The summed E-state index contributed by atoms with van der Waals surface area (Å²) in [6, 6.07) is 0.640. The fourth-order valence-electron chi connectivity index (χ4n) is 1.95. The molecule has 0 spiro atoms. The van der Waals surface area contributed by atoms with Gasteiger partial charge in [-0.15, -0.1) is 0 Å². The summed E-state index contributed by atoms with van der Waals surface area (Å²) in [5.74, 6) is 2.54. The molecule has 2 fully saturated rings. The summed E-state index contributed by atoms with van der Waals surface area (Å²) in [6.45, 7) is 4.61. The van der Waals surface area contributed by atoms with E-state index in [9.17, 15) is 0 Å². The number of nitrogens with zero attached hydrogens (tertiary/aromatic N) is 1. The third kappa shape index (κ3) is 2.39. The molecule has 1 unspecified atom stereocenters. The molecule has 1 heterocycles. The molecule has 0 bridgehead atoms. The maximum absolute atomic E-state index is 4.46. The summed E-state index contributed by atoms with van der Waals surface area (Å²) in [5, 5.41) is 4.46. The Morgan fingerprint density at radius 3 is 2.77 bits per heavy atom. The minimum Gasteiger partial charge on any atom is -0.306 e. The van der Waals surface area contributed by atoms with Gasteiger partial charge in [-0.25, -0.2) is 0 Å². The molecule has 1 saturated heterocycles. The highest BCUT2D eigenvalue weighted by Gasteiger charge is 2.32.